The van der Waals surface area contributed by atoms with Gasteiger partial charge in [0.25, 0.3) is 5.91 Å². The third-order valence-corrected chi connectivity index (χ3v) is 4.39. The van der Waals surface area contributed by atoms with Gasteiger partial charge < -0.3 is 9.88 Å². The summed E-state index contributed by atoms with van der Waals surface area (Å²) in [6, 6.07) is 9.25. The van der Waals surface area contributed by atoms with Crippen molar-refractivity contribution >= 4 is 11.6 Å². The average molecular weight is 326 g/mol. The van der Waals surface area contributed by atoms with Gasteiger partial charge in [-0.05, 0) is 38.3 Å². The molecule has 1 heterocycles. The van der Waals surface area contributed by atoms with Crippen molar-refractivity contribution in [3.8, 4) is 0 Å². The van der Waals surface area contributed by atoms with Crippen molar-refractivity contribution in [3.05, 3.63) is 63.1 Å². The highest BCUT2D eigenvalue weighted by Gasteiger charge is 2.18. The first-order valence-corrected chi connectivity index (χ1v) is 8.59. The molecule has 0 bridgehead atoms. The van der Waals surface area contributed by atoms with Crippen LogP contribution in [0.5, 0.6) is 0 Å². The summed E-state index contributed by atoms with van der Waals surface area (Å²) in [6.07, 6.45) is 2.91. The fourth-order valence-corrected chi connectivity index (χ4v) is 2.99. The highest BCUT2D eigenvalue weighted by atomic mass is 16.2. The minimum atomic E-state index is -0.330. The largest absolute Gasteiger partial charge is 0.348 e. The van der Waals surface area contributed by atoms with Gasteiger partial charge in [-0.3, -0.25) is 9.59 Å². The van der Waals surface area contributed by atoms with Crippen molar-refractivity contribution < 1.29 is 4.79 Å². The summed E-state index contributed by atoms with van der Waals surface area (Å²) in [5.74, 6) is -0.330. The summed E-state index contributed by atoms with van der Waals surface area (Å²) >= 11 is 0. The number of nitrogens with one attached hydrogen (secondary N) is 1. The van der Waals surface area contributed by atoms with E-state index in [0.717, 1.165) is 48.4 Å². The highest BCUT2D eigenvalue weighted by Crippen LogP contribution is 2.17. The maximum absolute atomic E-state index is 12.7. The maximum atomic E-state index is 12.7. The summed E-state index contributed by atoms with van der Waals surface area (Å²) in [4.78, 5) is 25.1. The third kappa shape index (κ3) is 3.75. The van der Waals surface area contributed by atoms with E-state index in [1.165, 1.54) is 0 Å². The van der Waals surface area contributed by atoms with Crippen molar-refractivity contribution in [2.45, 2.75) is 53.5 Å². The molecule has 0 aliphatic rings. The summed E-state index contributed by atoms with van der Waals surface area (Å²) in [6.45, 7) is 8.76. The second-order valence-corrected chi connectivity index (χ2v) is 6.08. The van der Waals surface area contributed by atoms with Crippen LogP contribution < -0.4 is 10.7 Å². The molecule has 0 saturated heterocycles. The van der Waals surface area contributed by atoms with E-state index in [1.807, 2.05) is 45.0 Å². The lowest BCUT2D eigenvalue weighted by molar-refractivity contribution is 0.102. The minimum Gasteiger partial charge on any atom is -0.348 e. The number of carbonyl (C=O) groups excluding carboxylic acids is 1. The normalized spacial score (nSPS) is 10.7. The van der Waals surface area contributed by atoms with Crippen molar-refractivity contribution in [1.82, 2.24) is 4.57 Å². The van der Waals surface area contributed by atoms with E-state index in [0.29, 0.717) is 0 Å². The molecule has 0 saturated carbocycles. The van der Waals surface area contributed by atoms with Crippen molar-refractivity contribution in [2.24, 2.45) is 0 Å². The molecule has 24 heavy (non-hydrogen) atoms. The first-order valence-electron chi connectivity index (χ1n) is 8.59. The Morgan fingerprint density at radius 3 is 2.54 bits per heavy atom. The number of aryl methyl sites for hydroxylation is 2. The first-order chi connectivity index (χ1) is 11.5. The predicted molar refractivity (Wildman–Crippen MR) is 98.9 cm³/mol. The van der Waals surface area contributed by atoms with Crippen molar-refractivity contribution in [2.75, 3.05) is 5.32 Å². The van der Waals surface area contributed by atoms with Gasteiger partial charge in [0.15, 0.2) is 5.43 Å². The lowest BCUT2D eigenvalue weighted by Gasteiger charge is -2.17. The van der Waals surface area contributed by atoms with E-state index < -0.39 is 0 Å². The van der Waals surface area contributed by atoms with Crippen LogP contribution >= 0.6 is 0 Å². The number of hydrogen-bond acceptors (Lipinski definition) is 2. The van der Waals surface area contributed by atoms with Crippen LogP contribution in [0, 0.1) is 13.8 Å². The lowest BCUT2D eigenvalue weighted by atomic mass is 10.1. The van der Waals surface area contributed by atoms with Gasteiger partial charge in [-0.1, -0.05) is 38.5 Å². The number of amides is 1. The van der Waals surface area contributed by atoms with Gasteiger partial charge in [-0.2, -0.15) is 0 Å². The molecule has 0 aliphatic carbocycles. The fraction of sp³-hybridized carbons (Fsp3) is 0.400. The number of benzene rings is 1. The van der Waals surface area contributed by atoms with E-state index in [-0.39, 0.29) is 16.9 Å². The van der Waals surface area contributed by atoms with Crippen LogP contribution in [-0.2, 0) is 13.0 Å². The third-order valence-electron chi connectivity index (χ3n) is 4.39. The van der Waals surface area contributed by atoms with E-state index in [2.05, 4.69) is 16.8 Å². The standard InChI is InChI=1S/C20H26N2O2/c1-5-7-12-22-14(3)13-18(23)19(15(22)4)20(24)21-17-11-9-8-10-16(17)6-2/h8-11,13H,5-7,12H2,1-4H3,(H,21,24). The molecule has 4 heteroatoms. The second-order valence-electron chi connectivity index (χ2n) is 6.08. The predicted octanol–water partition coefficient (Wildman–Crippen LogP) is 4.08. The van der Waals surface area contributed by atoms with Crippen molar-refractivity contribution in [1.29, 1.82) is 0 Å². The molecule has 0 radical (unpaired) electrons. The monoisotopic (exact) mass is 326 g/mol. The molecular formula is C20H26N2O2. The molecule has 128 valence electrons. The van der Waals surface area contributed by atoms with Gasteiger partial charge in [0.2, 0.25) is 0 Å². The van der Waals surface area contributed by atoms with Gasteiger partial charge >= 0.3 is 0 Å². The second kappa shape index (κ2) is 7.95. The van der Waals surface area contributed by atoms with E-state index >= 15 is 0 Å². The Labute approximate surface area is 143 Å². The number of hydrogen-bond donors (Lipinski definition) is 1. The number of unbranched alkanes of at least 4 members (excludes halogenated alkanes) is 1. The van der Waals surface area contributed by atoms with E-state index in [1.54, 1.807) is 6.07 Å². The first kappa shape index (κ1) is 18.0. The van der Waals surface area contributed by atoms with Crippen LogP contribution in [0.25, 0.3) is 0 Å². The number of anilines is 1. The maximum Gasteiger partial charge on any atom is 0.261 e. The Hall–Kier alpha value is -2.36. The molecule has 0 spiro atoms. The Kier molecular flexibility index (Phi) is 5.96. The van der Waals surface area contributed by atoms with E-state index in [9.17, 15) is 9.59 Å². The zero-order valence-corrected chi connectivity index (χ0v) is 15.0. The zero-order valence-electron chi connectivity index (χ0n) is 15.0. The number of pyridine rings is 1. The van der Waals surface area contributed by atoms with E-state index in [4.69, 9.17) is 0 Å². The highest BCUT2D eigenvalue weighted by molar-refractivity contribution is 6.05. The smallest absolute Gasteiger partial charge is 0.261 e. The molecule has 0 aliphatic heterocycles. The lowest BCUT2D eigenvalue weighted by Crippen LogP contribution is -2.27. The number of aromatic nitrogens is 1. The Balaban J connectivity index is 2.40. The molecule has 1 N–H and O–H groups in total. The molecule has 2 rings (SSSR count). The fourth-order valence-electron chi connectivity index (χ4n) is 2.99. The van der Waals surface area contributed by atoms with Crippen LogP contribution in [0.3, 0.4) is 0 Å². The minimum absolute atomic E-state index is 0.218. The molecule has 1 aromatic heterocycles. The molecule has 0 unspecified atom stereocenters. The van der Waals surface area contributed by atoms with Gasteiger partial charge in [-0.15, -0.1) is 0 Å². The van der Waals surface area contributed by atoms with Crippen LogP contribution in [0.4, 0.5) is 5.69 Å². The van der Waals surface area contributed by atoms with Gasteiger partial charge in [0.05, 0.1) is 0 Å². The molecular weight excluding hydrogens is 300 g/mol. The summed E-state index contributed by atoms with van der Waals surface area (Å²) in [5.41, 5.74) is 3.48. The molecule has 4 nitrogen and oxygen atoms in total. The van der Waals surface area contributed by atoms with Crippen LogP contribution in [0.15, 0.2) is 35.1 Å². The molecule has 0 fully saturated rings. The molecule has 1 aromatic carbocycles. The van der Waals surface area contributed by atoms with Gasteiger partial charge in [0.1, 0.15) is 5.56 Å². The van der Waals surface area contributed by atoms with Crippen LogP contribution in [0.1, 0.15) is 54.0 Å². The Morgan fingerprint density at radius 1 is 1.17 bits per heavy atom. The quantitative estimate of drug-likeness (QED) is 0.869. The number of para-hydroxylation sites is 1. The Morgan fingerprint density at radius 2 is 1.88 bits per heavy atom. The van der Waals surface area contributed by atoms with Gasteiger partial charge in [0, 0.05) is 29.7 Å². The van der Waals surface area contributed by atoms with Crippen LogP contribution in [0.2, 0.25) is 0 Å². The number of rotatable bonds is 6. The number of carbonyl (C=O) groups is 1. The summed E-state index contributed by atoms with van der Waals surface area (Å²) < 4.78 is 2.06. The van der Waals surface area contributed by atoms with Crippen molar-refractivity contribution in [3.63, 3.8) is 0 Å². The average Bonchev–Trinajstić information content (AvgIpc) is 2.54. The molecule has 2 aromatic rings. The summed E-state index contributed by atoms with van der Waals surface area (Å²) in [5, 5.41) is 2.91. The zero-order chi connectivity index (χ0) is 17.7. The topological polar surface area (TPSA) is 51.1 Å². The SMILES string of the molecule is CCCCn1c(C)cc(=O)c(C(=O)Nc2ccccc2CC)c1C. The number of nitrogens with zero attached hydrogens (tertiary/aromatic N) is 1. The van der Waals surface area contributed by atoms with Gasteiger partial charge in [-0.25, -0.2) is 0 Å². The Bertz CT molecular complexity index is 791. The summed E-state index contributed by atoms with van der Waals surface area (Å²) in [7, 11) is 0. The molecule has 0 atom stereocenters. The van der Waals surface area contributed by atoms with Crippen LogP contribution in [-0.4, -0.2) is 10.5 Å². The molecule has 1 amide bonds.